The molecule has 0 amide bonds. The molecule has 4 nitrogen and oxygen atoms in total. The smallest absolute Gasteiger partial charge is 0.142 e. The summed E-state index contributed by atoms with van der Waals surface area (Å²) < 4.78 is 5.84. The summed E-state index contributed by atoms with van der Waals surface area (Å²) in [5.41, 5.74) is 2.10. The Kier molecular flexibility index (Phi) is 4.80. The summed E-state index contributed by atoms with van der Waals surface area (Å²) in [4.78, 5) is 11.0. The van der Waals surface area contributed by atoms with Crippen LogP contribution in [0.2, 0.25) is 0 Å². The number of anilines is 2. The molecule has 5 heteroatoms. The van der Waals surface area contributed by atoms with E-state index >= 15 is 0 Å². The predicted octanol–water partition coefficient (Wildman–Crippen LogP) is 5.89. The quantitative estimate of drug-likeness (QED) is 0.465. The number of rotatable bonds is 6. The van der Waals surface area contributed by atoms with Crippen molar-refractivity contribution in [2.75, 3.05) is 11.9 Å². The van der Waals surface area contributed by atoms with Gasteiger partial charge in [0.2, 0.25) is 0 Å². The fourth-order valence-electron chi connectivity index (χ4n) is 2.74. The van der Waals surface area contributed by atoms with E-state index in [1.54, 1.807) is 17.7 Å². The predicted molar refractivity (Wildman–Crippen MR) is 108 cm³/mol. The molecule has 0 bridgehead atoms. The normalized spacial score (nSPS) is 10.8. The van der Waals surface area contributed by atoms with E-state index in [1.807, 2.05) is 42.5 Å². The van der Waals surface area contributed by atoms with Gasteiger partial charge in [0.25, 0.3) is 0 Å². The SMILES string of the molecule is CCCOc1ccccc1Nc1ncnc2sc(-c3ccccc3)cc12. The maximum Gasteiger partial charge on any atom is 0.142 e. The molecule has 1 N–H and O–H groups in total. The maximum atomic E-state index is 5.84. The minimum atomic E-state index is 0.689. The molecule has 0 aliphatic rings. The van der Waals surface area contributed by atoms with Crippen molar-refractivity contribution in [3.63, 3.8) is 0 Å². The molecule has 0 aliphatic heterocycles. The summed E-state index contributed by atoms with van der Waals surface area (Å²) >= 11 is 1.67. The Morgan fingerprint density at radius 1 is 1.00 bits per heavy atom. The first-order valence-electron chi connectivity index (χ1n) is 8.64. The molecule has 2 aromatic heterocycles. The van der Waals surface area contributed by atoms with Gasteiger partial charge in [-0.25, -0.2) is 9.97 Å². The Bertz CT molecular complexity index is 1010. The van der Waals surface area contributed by atoms with Gasteiger partial charge in [0.1, 0.15) is 22.7 Å². The third-order valence-electron chi connectivity index (χ3n) is 3.99. The highest BCUT2D eigenvalue weighted by atomic mass is 32.1. The van der Waals surface area contributed by atoms with E-state index in [1.165, 1.54) is 10.4 Å². The van der Waals surface area contributed by atoms with Gasteiger partial charge in [0.15, 0.2) is 0 Å². The molecule has 4 aromatic rings. The number of thiophene rings is 1. The minimum Gasteiger partial charge on any atom is -0.491 e. The zero-order valence-corrected chi connectivity index (χ0v) is 15.3. The molecule has 0 spiro atoms. The van der Waals surface area contributed by atoms with E-state index in [-0.39, 0.29) is 0 Å². The molecule has 4 rings (SSSR count). The number of ether oxygens (including phenoxy) is 1. The maximum absolute atomic E-state index is 5.84. The van der Waals surface area contributed by atoms with Crippen LogP contribution in [0.3, 0.4) is 0 Å². The van der Waals surface area contributed by atoms with Gasteiger partial charge in [-0.3, -0.25) is 0 Å². The van der Waals surface area contributed by atoms with Gasteiger partial charge in [-0.2, -0.15) is 0 Å². The molecule has 0 fully saturated rings. The van der Waals surface area contributed by atoms with Crippen LogP contribution in [0.4, 0.5) is 11.5 Å². The topological polar surface area (TPSA) is 47.0 Å². The van der Waals surface area contributed by atoms with Gasteiger partial charge in [0.05, 0.1) is 17.7 Å². The Labute approximate surface area is 156 Å². The molecule has 2 heterocycles. The highest BCUT2D eigenvalue weighted by Crippen LogP contribution is 2.36. The third-order valence-corrected chi connectivity index (χ3v) is 5.08. The Balaban J connectivity index is 1.71. The lowest BCUT2D eigenvalue weighted by Crippen LogP contribution is -2.00. The highest BCUT2D eigenvalue weighted by Gasteiger charge is 2.12. The second-order valence-electron chi connectivity index (χ2n) is 5.89. The fourth-order valence-corrected chi connectivity index (χ4v) is 3.74. The molecule has 0 atom stereocenters. The first-order chi connectivity index (χ1) is 12.8. The molecule has 0 aliphatic carbocycles. The third kappa shape index (κ3) is 3.39. The summed E-state index contributed by atoms with van der Waals surface area (Å²) in [6, 6.07) is 20.4. The average Bonchev–Trinajstić information content (AvgIpc) is 3.13. The van der Waals surface area contributed by atoms with Crippen molar-refractivity contribution < 1.29 is 4.74 Å². The summed E-state index contributed by atoms with van der Waals surface area (Å²) in [6.07, 6.45) is 2.57. The largest absolute Gasteiger partial charge is 0.491 e. The van der Waals surface area contributed by atoms with Gasteiger partial charge in [-0.1, -0.05) is 49.4 Å². The fraction of sp³-hybridized carbons (Fsp3) is 0.143. The van der Waals surface area contributed by atoms with Gasteiger partial charge < -0.3 is 10.1 Å². The van der Waals surface area contributed by atoms with Crippen molar-refractivity contribution >= 4 is 33.1 Å². The van der Waals surface area contributed by atoms with Crippen LogP contribution in [0.15, 0.2) is 67.0 Å². The number of nitrogens with zero attached hydrogens (tertiary/aromatic N) is 2. The zero-order chi connectivity index (χ0) is 17.8. The number of hydrogen-bond donors (Lipinski definition) is 1. The van der Waals surface area contributed by atoms with Crippen molar-refractivity contribution in [1.29, 1.82) is 0 Å². The lowest BCUT2D eigenvalue weighted by atomic mass is 10.2. The second kappa shape index (κ2) is 7.54. The number of fused-ring (bicyclic) bond motifs is 1. The number of hydrogen-bond acceptors (Lipinski definition) is 5. The molecular weight excluding hydrogens is 342 g/mol. The van der Waals surface area contributed by atoms with Crippen LogP contribution in [0.1, 0.15) is 13.3 Å². The van der Waals surface area contributed by atoms with Gasteiger partial charge in [-0.15, -0.1) is 11.3 Å². The van der Waals surface area contributed by atoms with Crippen molar-refractivity contribution in [2.24, 2.45) is 0 Å². The van der Waals surface area contributed by atoms with Crippen molar-refractivity contribution in [3.05, 3.63) is 67.0 Å². The van der Waals surface area contributed by atoms with Crippen LogP contribution in [-0.2, 0) is 0 Å². The van der Waals surface area contributed by atoms with E-state index in [0.717, 1.165) is 33.9 Å². The number of para-hydroxylation sites is 2. The molecule has 0 saturated heterocycles. The Hall–Kier alpha value is -2.92. The molecular formula is C21H19N3OS. The molecule has 130 valence electrons. The summed E-state index contributed by atoms with van der Waals surface area (Å²) in [5.74, 6) is 1.63. The van der Waals surface area contributed by atoms with Crippen molar-refractivity contribution in [2.45, 2.75) is 13.3 Å². The van der Waals surface area contributed by atoms with Crippen LogP contribution in [0, 0.1) is 0 Å². The lowest BCUT2D eigenvalue weighted by molar-refractivity contribution is 0.319. The Morgan fingerprint density at radius 3 is 2.65 bits per heavy atom. The van der Waals surface area contributed by atoms with Gasteiger partial charge in [-0.05, 0) is 30.2 Å². The first-order valence-corrected chi connectivity index (χ1v) is 9.45. The zero-order valence-electron chi connectivity index (χ0n) is 14.5. The van der Waals surface area contributed by atoms with Crippen molar-refractivity contribution in [1.82, 2.24) is 9.97 Å². The minimum absolute atomic E-state index is 0.689. The van der Waals surface area contributed by atoms with Crippen LogP contribution < -0.4 is 10.1 Å². The first kappa shape index (κ1) is 16.5. The van der Waals surface area contributed by atoms with Crippen LogP contribution in [-0.4, -0.2) is 16.6 Å². The molecule has 0 unspecified atom stereocenters. The van der Waals surface area contributed by atoms with Crippen LogP contribution in [0.25, 0.3) is 20.7 Å². The van der Waals surface area contributed by atoms with Crippen molar-refractivity contribution in [3.8, 4) is 16.2 Å². The average molecular weight is 361 g/mol. The van der Waals surface area contributed by atoms with E-state index in [0.29, 0.717) is 6.61 Å². The summed E-state index contributed by atoms with van der Waals surface area (Å²) in [6.45, 7) is 2.79. The lowest BCUT2D eigenvalue weighted by Gasteiger charge is -2.12. The van der Waals surface area contributed by atoms with E-state index < -0.39 is 0 Å². The number of aromatic nitrogens is 2. The number of benzene rings is 2. The summed E-state index contributed by atoms with van der Waals surface area (Å²) in [7, 11) is 0. The van der Waals surface area contributed by atoms with E-state index in [2.05, 4.69) is 40.4 Å². The van der Waals surface area contributed by atoms with Gasteiger partial charge >= 0.3 is 0 Å². The van der Waals surface area contributed by atoms with Crippen LogP contribution in [0.5, 0.6) is 5.75 Å². The van der Waals surface area contributed by atoms with Gasteiger partial charge in [0, 0.05) is 4.88 Å². The molecule has 0 radical (unpaired) electrons. The standard InChI is InChI=1S/C21H19N3OS/c1-2-12-25-18-11-7-6-10-17(18)24-20-16-13-19(15-8-4-3-5-9-15)26-21(16)23-14-22-20/h3-11,13-14H,2,12H2,1H3,(H,22,23,24). The molecule has 0 saturated carbocycles. The Morgan fingerprint density at radius 2 is 1.81 bits per heavy atom. The van der Waals surface area contributed by atoms with Crippen LogP contribution >= 0.6 is 11.3 Å². The monoisotopic (exact) mass is 361 g/mol. The highest BCUT2D eigenvalue weighted by molar-refractivity contribution is 7.21. The molecule has 26 heavy (non-hydrogen) atoms. The van der Waals surface area contributed by atoms with E-state index in [4.69, 9.17) is 4.74 Å². The summed E-state index contributed by atoms with van der Waals surface area (Å²) in [5, 5.41) is 4.44. The van der Waals surface area contributed by atoms with E-state index in [9.17, 15) is 0 Å². The molecule has 2 aromatic carbocycles. The number of nitrogens with one attached hydrogen (secondary N) is 1. The second-order valence-corrected chi connectivity index (χ2v) is 6.92.